The number of methoxy groups -OCH3 is 1. The van der Waals surface area contributed by atoms with E-state index in [4.69, 9.17) is 4.74 Å². The van der Waals surface area contributed by atoms with Crippen molar-refractivity contribution in [1.82, 2.24) is 14.5 Å². The lowest BCUT2D eigenvalue weighted by atomic mass is 10.1. The van der Waals surface area contributed by atoms with E-state index in [-0.39, 0.29) is 0 Å². The lowest BCUT2D eigenvalue weighted by Crippen LogP contribution is -2.33. The highest BCUT2D eigenvalue weighted by Gasteiger charge is 2.20. The van der Waals surface area contributed by atoms with E-state index in [9.17, 15) is 0 Å². The first-order chi connectivity index (χ1) is 11.3. The molecular formula is C18H19N3OS. The molecule has 0 saturated heterocycles. The van der Waals surface area contributed by atoms with Gasteiger partial charge in [-0.25, -0.2) is 4.98 Å². The van der Waals surface area contributed by atoms with E-state index in [1.54, 1.807) is 18.4 Å². The molecule has 0 spiro atoms. The Morgan fingerprint density at radius 2 is 2.04 bits per heavy atom. The third kappa shape index (κ3) is 2.90. The second kappa shape index (κ2) is 6.18. The van der Waals surface area contributed by atoms with Gasteiger partial charge in [0.15, 0.2) is 0 Å². The van der Waals surface area contributed by atoms with Crippen molar-refractivity contribution in [3.63, 3.8) is 0 Å². The molecule has 0 radical (unpaired) electrons. The topological polar surface area (TPSA) is 30.3 Å². The minimum Gasteiger partial charge on any atom is -0.497 e. The Kier molecular flexibility index (Phi) is 3.89. The van der Waals surface area contributed by atoms with Crippen molar-refractivity contribution in [2.24, 2.45) is 0 Å². The van der Waals surface area contributed by atoms with Crippen molar-refractivity contribution in [3.8, 4) is 17.0 Å². The molecule has 3 aromatic rings. The molecule has 0 fully saturated rings. The van der Waals surface area contributed by atoms with Gasteiger partial charge in [0.2, 0.25) is 0 Å². The predicted octanol–water partition coefficient (Wildman–Crippen LogP) is 3.64. The van der Waals surface area contributed by atoms with Gasteiger partial charge in [0.05, 0.1) is 25.5 Å². The van der Waals surface area contributed by atoms with Gasteiger partial charge in [-0.15, -0.1) is 0 Å². The van der Waals surface area contributed by atoms with Crippen molar-refractivity contribution in [1.29, 1.82) is 0 Å². The third-order valence-electron chi connectivity index (χ3n) is 4.32. The van der Waals surface area contributed by atoms with Crippen molar-refractivity contribution in [2.75, 3.05) is 13.7 Å². The van der Waals surface area contributed by atoms with E-state index in [0.29, 0.717) is 0 Å². The third-order valence-corrected chi connectivity index (χ3v) is 5.05. The summed E-state index contributed by atoms with van der Waals surface area (Å²) >= 11 is 1.76. The molecule has 1 aromatic carbocycles. The molecule has 0 unspecified atom stereocenters. The van der Waals surface area contributed by atoms with Crippen LogP contribution in [0.3, 0.4) is 0 Å². The molecule has 4 nitrogen and oxygen atoms in total. The van der Waals surface area contributed by atoms with E-state index in [0.717, 1.165) is 37.8 Å². The molecule has 1 aliphatic rings. The summed E-state index contributed by atoms with van der Waals surface area (Å²) in [4.78, 5) is 7.11. The van der Waals surface area contributed by atoms with E-state index < -0.39 is 0 Å². The molecule has 0 amide bonds. The Bertz CT molecular complexity index is 777. The zero-order valence-electron chi connectivity index (χ0n) is 13.1. The molecule has 23 heavy (non-hydrogen) atoms. The molecule has 0 N–H and O–H groups in total. The van der Waals surface area contributed by atoms with E-state index in [1.807, 2.05) is 18.3 Å². The minimum absolute atomic E-state index is 0.883. The van der Waals surface area contributed by atoms with Crippen LogP contribution in [0.5, 0.6) is 5.75 Å². The molecule has 0 atom stereocenters. The molecule has 5 heteroatoms. The fourth-order valence-corrected chi connectivity index (χ4v) is 3.74. The number of hydrogen-bond acceptors (Lipinski definition) is 4. The Labute approximate surface area is 140 Å². The van der Waals surface area contributed by atoms with Gasteiger partial charge in [0, 0.05) is 25.2 Å². The van der Waals surface area contributed by atoms with Crippen LogP contribution in [0.15, 0.2) is 47.3 Å². The zero-order chi connectivity index (χ0) is 15.6. The first-order valence-electron chi connectivity index (χ1n) is 7.76. The normalized spacial score (nSPS) is 14.7. The van der Waals surface area contributed by atoms with Crippen LogP contribution in [0.1, 0.15) is 11.4 Å². The Hall–Kier alpha value is -2.11. The number of aromatic nitrogens is 2. The van der Waals surface area contributed by atoms with Crippen LogP contribution in [0.2, 0.25) is 0 Å². The van der Waals surface area contributed by atoms with Gasteiger partial charge >= 0.3 is 0 Å². The van der Waals surface area contributed by atoms with Crippen LogP contribution < -0.4 is 4.74 Å². The molecule has 0 aliphatic carbocycles. The number of rotatable bonds is 4. The standard InChI is InChI=1S/C18H19N3OS/c1-22-16-4-2-15(3-5-16)17-10-19-18-12-20(7-8-21(17)18)11-14-6-9-23-13-14/h2-6,9-10,13H,7-8,11-12H2,1H3. The van der Waals surface area contributed by atoms with Crippen LogP contribution in [-0.4, -0.2) is 28.1 Å². The summed E-state index contributed by atoms with van der Waals surface area (Å²) < 4.78 is 7.57. The summed E-state index contributed by atoms with van der Waals surface area (Å²) in [5.41, 5.74) is 3.78. The average molecular weight is 325 g/mol. The number of nitrogens with zero attached hydrogens (tertiary/aromatic N) is 3. The molecule has 2 aromatic heterocycles. The van der Waals surface area contributed by atoms with Gasteiger partial charge in [-0.3, -0.25) is 4.90 Å². The number of hydrogen-bond donors (Lipinski definition) is 0. The first-order valence-corrected chi connectivity index (χ1v) is 8.70. The van der Waals surface area contributed by atoms with Gasteiger partial charge in [0.25, 0.3) is 0 Å². The van der Waals surface area contributed by atoms with Crippen molar-refractivity contribution < 1.29 is 4.74 Å². The monoisotopic (exact) mass is 325 g/mol. The minimum atomic E-state index is 0.883. The molecule has 0 saturated carbocycles. The quantitative estimate of drug-likeness (QED) is 0.734. The number of benzene rings is 1. The fourth-order valence-electron chi connectivity index (χ4n) is 3.08. The van der Waals surface area contributed by atoms with Gasteiger partial charge in [-0.05, 0) is 46.7 Å². The van der Waals surface area contributed by atoms with Crippen LogP contribution >= 0.6 is 11.3 Å². The van der Waals surface area contributed by atoms with Gasteiger partial charge in [-0.1, -0.05) is 0 Å². The maximum absolute atomic E-state index is 5.23. The van der Waals surface area contributed by atoms with Crippen LogP contribution in [0.4, 0.5) is 0 Å². The van der Waals surface area contributed by atoms with Gasteiger partial charge in [0.1, 0.15) is 11.6 Å². The highest BCUT2D eigenvalue weighted by molar-refractivity contribution is 7.07. The van der Waals surface area contributed by atoms with E-state index >= 15 is 0 Å². The summed E-state index contributed by atoms with van der Waals surface area (Å²) in [6.45, 7) is 3.96. The molecule has 118 valence electrons. The SMILES string of the molecule is COc1ccc(-c2cnc3n2CCN(Cc2ccsc2)C3)cc1. The number of fused-ring (bicyclic) bond motifs is 1. The summed E-state index contributed by atoms with van der Waals surface area (Å²) in [6, 6.07) is 10.4. The fraction of sp³-hybridized carbons (Fsp3) is 0.278. The average Bonchev–Trinajstić information content (AvgIpc) is 3.24. The van der Waals surface area contributed by atoms with Gasteiger partial charge < -0.3 is 9.30 Å². The Balaban J connectivity index is 1.54. The van der Waals surface area contributed by atoms with Crippen molar-refractivity contribution in [3.05, 3.63) is 58.7 Å². The molecule has 1 aliphatic heterocycles. The van der Waals surface area contributed by atoms with Crippen molar-refractivity contribution >= 4 is 11.3 Å². The number of imidazole rings is 1. The maximum atomic E-state index is 5.23. The largest absolute Gasteiger partial charge is 0.497 e. The second-order valence-electron chi connectivity index (χ2n) is 5.78. The van der Waals surface area contributed by atoms with Gasteiger partial charge in [-0.2, -0.15) is 11.3 Å². The predicted molar refractivity (Wildman–Crippen MR) is 92.6 cm³/mol. The van der Waals surface area contributed by atoms with Crippen molar-refractivity contribution in [2.45, 2.75) is 19.6 Å². The molecular weight excluding hydrogens is 306 g/mol. The maximum Gasteiger partial charge on any atom is 0.123 e. The summed E-state index contributed by atoms with van der Waals surface area (Å²) in [5, 5.41) is 4.37. The van der Waals surface area contributed by atoms with E-state index in [1.165, 1.54) is 16.8 Å². The van der Waals surface area contributed by atoms with Crippen LogP contribution in [0.25, 0.3) is 11.3 Å². The first kappa shape index (κ1) is 14.5. The van der Waals surface area contributed by atoms with Crippen LogP contribution in [-0.2, 0) is 19.6 Å². The number of ether oxygens (including phenoxy) is 1. The van der Waals surface area contributed by atoms with Crippen LogP contribution in [0, 0.1) is 0 Å². The second-order valence-corrected chi connectivity index (χ2v) is 6.56. The Morgan fingerprint density at radius 1 is 1.17 bits per heavy atom. The smallest absolute Gasteiger partial charge is 0.123 e. The lowest BCUT2D eigenvalue weighted by Gasteiger charge is -2.28. The summed E-state index contributed by atoms with van der Waals surface area (Å²) in [7, 11) is 1.69. The Morgan fingerprint density at radius 3 is 2.78 bits per heavy atom. The molecule has 0 bridgehead atoms. The summed E-state index contributed by atoms with van der Waals surface area (Å²) in [5.74, 6) is 2.03. The highest BCUT2D eigenvalue weighted by Crippen LogP contribution is 2.26. The highest BCUT2D eigenvalue weighted by atomic mass is 32.1. The zero-order valence-corrected chi connectivity index (χ0v) is 13.9. The summed E-state index contributed by atoms with van der Waals surface area (Å²) in [6.07, 6.45) is 1.99. The van der Waals surface area contributed by atoms with E-state index in [2.05, 4.69) is 43.4 Å². The molecule has 3 heterocycles. The lowest BCUT2D eigenvalue weighted by molar-refractivity contribution is 0.210. The number of thiophene rings is 1. The molecule has 4 rings (SSSR count).